The third kappa shape index (κ3) is 5.41. The second-order valence-electron chi connectivity index (χ2n) is 5.81. The third-order valence-corrected chi connectivity index (χ3v) is 5.33. The van der Waals surface area contributed by atoms with Crippen LogP contribution in [0.25, 0.3) is 10.8 Å². The van der Waals surface area contributed by atoms with E-state index < -0.39 is 0 Å². The normalized spacial score (nSPS) is 11.2. The Morgan fingerprint density at radius 3 is 2.69 bits per heavy atom. The average molecular weight is 480 g/mol. The molecule has 4 nitrogen and oxygen atoms in total. The molecule has 3 rings (SSSR count). The van der Waals surface area contributed by atoms with E-state index in [2.05, 4.69) is 70.0 Å². The predicted octanol–water partition coefficient (Wildman–Crippen LogP) is 4.38. The van der Waals surface area contributed by atoms with Gasteiger partial charge in [-0.2, -0.15) is 0 Å². The maximum absolute atomic E-state index is 4.46. The molecule has 0 aliphatic heterocycles. The van der Waals surface area contributed by atoms with Gasteiger partial charge in [0.1, 0.15) is 0 Å². The first-order valence-corrected chi connectivity index (χ1v) is 9.46. The van der Waals surface area contributed by atoms with Crippen LogP contribution >= 0.6 is 35.3 Å². The van der Waals surface area contributed by atoms with Crippen LogP contribution in [0.5, 0.6) is 0 Å². The molecule has 1 aromatic heterocycles. The summed E-state index contributed by atoms with van der Waals surface area (Å²) in [5.74, 6) is 0.820. The molecular formula is C20H25IN4S. The molecular weight excluding hydrogens is 455 g/mol. The minimum atomic E-state index is 0. The molecule has 0 aliphatic rings. The first kappa shape index (κ1) is 20.6. The molecule has 0 unspecified atom stereocenters. The number of fused-ring (bicyclic) bond motifs is 1. The monoisotopic (exact) mass is 480 g/mol. The zero-order valence-corrected chi connectivity index (χ0v) is 18.3. The van der Waals surface area contributed by atoms with E-state index in [0.29, 0.717) is 0 Å². The number of nitrogens with one attached hydrogen (secondary N) is 2. The lowest BCUT2D eigenvalue weighted by atomic mass is 10.0. The van der Waals surface area contributed by atoms with E-state index in [9.17, 15) is 0 Å². The maximum atomic E-state index is 4.46. The number of guanidine groups is 1. The molecule has 6 heteroatoms. The summed E-state index contributed by atoms with van der Waals surface area (Å²) in [6.45, 7) is 3.73. The van der Waals surface area contributed by atoms with Crippen LogP contribution in [0.15, 0.2) is 53.7 Å². The molecule has 0 spiro atoms. The van der Waals surface area contributed by atoms with Gasteiger partial charge in [-0.25, -0.2) is 4.98 Å². The lowest BCUT2D eigenvalue weighted by Crippen LogP contribution is -2.37. The fourth-order valence-electron chi connectivity index (χ4n) is 2.76. The van der Waals surface area contributed by atoms with Crippen molar-refractivity contribution in [3.05, 3.63) is 64.1 Å². The fraction of sp³-hybridized carbons (Fsp3) is 0.300. The number of hydrogen-bond donors (Lipinski definition) is 2. The number of aromatic nitrogens is 1. The van der Waals surface area contributed by atoms with Crippen LogP contribution in [-0.2, 0) is 19.4 Å². The van der Waals surface area contributed by atoms with E-state index in [0.717, 1.165) is 31.9 Å². The van der Waals surface area contributed by atoms with Crippen molar-refractivity contribution in [1.82, 2.24) is 15.6 Å². The highest BCUT2D eigenvalue weighted by Crippen LogP contribution is 2.18. The van der Waals surface area contributed by atoms with Gasteiger partial charge in [0.2, 0.25) is 0 Å². The first-order chi connectivity index (χ1) is 12.3. The summed E-state index contributed by atoms with van der Waals surface area (Å²) in [5.41, 5.74) is 1.27. The van der Waals surface area contributed by atoms with Gasteiger partial charge < -0.3 is 10.6 Å². The summed E-state index contributed by atoms with van der Waals surface area (Å²) in [7, 11) is 1.80. The van der Waals surface area contributed by atoms with Crippen molar-refractivity contribution >= 4 is 52.0 Å². The minimum absolute atomic E-state index is 0. The van der Waals surface area contributed by atoms with Gasteiger partial charge >= 0.3 is 0 Å². The first-order valence-electron chi connectivity index (χ1n) is 8.65. The molecule has 26 heavy (non-hydrogen) atoms. The van der Waals surface area contributed by atoms with Gasteiger partial charge in [-0.15, -0.1) is 35.3 Å². The summed E-state index contributed by atoms with van der Waals surface area (Å²) in [6, 6.07) is 14.9. The van der Waals surface area contributed by atoms with Gasteiger partial charge in [0, 0.05) is 37.6 Å². The van der Waals surface area contributed by atoms with E-state index >= 15 is 0 Å². The molecule has 2 aromatic carbocycles. The lowest BCUT2D eigenvalue weighted by Gasteiger charge is -2.13. The summed E-state index contributed by atoms with van der Waals surface area (Å²) in [5, 5.41) is 10.5. The quantitative estimate of drug-likeness (QED) is 0.313. The Hall–Kier alpha value is -1.67. The topological polar surface area (TPSA) is 49.3 Å². The molecule has 0 fully saturated rings. The standard InChI is InChI=1S/C20H24N4S.HI/c1-3-17-14-23-19(25-17)11-12-22-20(21-2)24-13-16-9-6-8-15-7-4-5-10-18(15)16;/h4-10,14H,3,11-13H2,1-2H3,(H2,21,22,24);1H. The number of halogens is 1. The number of nitrogens with zero attached hydrogens (tertiary/aromatic N) is 2. The van der Waals surface area contributed by atoms with Gasteiger partial charge in [0.25, 0.3) is 0 Å². The van der Waals surface area contributed by atoms with Gasteiger partial charge in [-0.05, 0) is 22.8 Å². The SMILES string of the molecule is CCc1cnc(CCNC(=NC)NCc2cccc3ccccc23)s1.I. The lowest BCUT2D eigenvalue weighted by molar-refractivity contribution is 0.794. The average Bonchev–Trinajstić information content (AvgIpc) is 3.12. The van der Waals surface area contributed by atoms with Crippen molar-refractivity contribution in [3.8, 4) is 0 Å². The zero-order valence-electron chi connectivity index (χ0n) is 15.2. The van der Waals surface area contributed by atoms with Crippen LogP contribution in [0, 0.1) is 0 Å². The molecule has 2 N–H and O–H groups in total. The number of aliphatic imine (C=N–C) groups is 1. The molecule has 0 atom stereocenters. The predicted molar refractivity (Wildman–Crippen MR) is 123 cm³/mol. The molecule has 0 amide bonds. The number of aryl methyl sites for hydroxylation is 1. The molecule has 0 radical (unpaired) electrons. The van der Waals surface area contributed by atoms with Gasteiger partial charge in [-0.1, -0.05) is 49.4 Å². The Morgan fingerprint density at radius 1 is 1.12 bits per heavy atom. The van der Waals surface area contributed by atoms with Crippen molar-refractivity contribution in [2.75, 3.05) is 13.6 Å². The third-order valence-electron chi connectivity index (χ3n) is 4.13. The van der Waals surface area contributed by atoms with Crippen LogP contribution in [0.2, 0.25) is 0 Å². The second-order valence-corrected chi connectivity index (χ2v) is 7.01. The van der Waals surface area contributed by atoms with Crippen LogP contribution in [0.3, 0.4) is 0 Å². The highest BCUT2D eigenvalue weighted by molar-refractivity contribution is 14.0. The molecule has 3 aromatic rings. The highest BCUT2D eigenvalue weighted by atomic mass is 127. The summed E-state index contributed by atoms with van der Waals surface area (Å²) >= 11 is 1.79. The second kappa shape index (κ2) is 10.5. The largest absolute Gasteiger partial charge is 0.356 e. The highest BCUT2D eigenvalue weighted by Gasteiger charge is 2.04. The van der Waals surface area contributed by atoms with E-state index in [1.54, 1.807) is 18.4 Å². The smallest absolute Gasteiger partial charge is 0.191 e. The number of benzene rings is 2. The van der Waals surface area contributed by atoms with Crippen molar-refractivity contribution in [2.45, 2.75) is 26.3 Å². The number of rotatable bonds is 6. The van der Waals surface area contributed by atoms with Crippen molar-refractivity contribution < 1.29 is 0 Å². The molecule has 0 saturated heterocycles. The molecule has 0 aliphatic carbocycles. The minimum Gasteiger partial charge on any atom is -0.356 e. The van der Waals surface area contributed by atoms with Gasteiger partial charge in [0.05, 0.1) is 5.01 Å². The zero-order chi connectivity index (χ0) is 17.5. The van der Waals surface area contributed by atoms with Gasteiger partial charge in [-0.3, -0.25) is 4.99 Å². The van der Waals surface area contributed by atoms with E-state index in [1.165, 1.54) is 26.2 Å². The summed E-state index contributed by atoms with van der Waals surface area (Å²) in [4.78, 5) is 10.1. The van der Waals surface area contributed by atoms with Gasteiger partial charge in [0.15, 0.2) is 5.96 Å². The van der Waals surface area contributed by atoms with E-state index in [4.69, 9.17) is 0 Å². The Morgan fingerprint density at radius 2 is 1.92 bits per heavy atom. The van der Waals surface area contributed by atoms with Crippen molar-refractivity contribution in [3.63, 3.8) is 0 Å². The Labute approximate surface area is 176 Å². The van der Waals surface area contributed by atoms with Crippen molar-refractivity contribution in [1.29, 1.82) is 0 Å². The number of hydrogen-bond acceptors (Lipinski definition) is 3. The van der Waals surface area contributed by atoms with E-state index in [-0.39, 0.29) is 24.0 Å². The van der Waals surface area contributed by atoms with Crippen LogP contribution in [-0.4, -0.2) is 24.5 Å². The van der Waals surface area contributed by atoms with Crippen molar-refractivity contribution in [2.24, 2.45) is 4.99 Å². The Balaban J connectivity index is 0.00000243. The molecule has 0 bridgehead atoms. The van der Waals surface area contributed by atoms with Crippen LogP contribution in [0.4, 0.5) is 0 Å². The van der Waals surface area contributed by atoms with Crippen LogP contribution in [0.1, 0.15) is 22.4 Å². The summed E-state index contributed by atoms with van der Waals surface area (Å²) in [6.07, 6.45) is 3.95. The Bertz CT molecular complexity index is 854. The molecule has 1 heterocycles. The van der Waals surface area contributed by atoms with Crippen LogP contribution < -0.4 is 10.6 Å². The summed E-state index contributed by atoms with van der Waals surface area (Å²) < 4.78 is 0. The number of thiazole rings is 1. The maximum Gasteiger partial charge on any atom is 0.191 e. The molecule has 0 saturated carbocycles. The Kier molecular flexibility index (Phi) is 8.31. The fourth-order valence-corrected chi connectivity index (χ4v) is 3.62. The van der Waals surface area contributed by atoms with E-state index in [1.807, 2.05) is 6.20 Å². The molecule has 138 valence electrons.